The van der Waals surface area contributed by atoms with Crippen molar-refractivity contribution in [1.82, 2.24) is 15.5 Å². The van der Waals surface area contributed by atoms with Gasteiger partial charge in [-0.2, -0.15) is 0 Å². The molecule has 8 heteroatoms. The predicted molar refractivity (Wildman–Crippen MR) is 116 cm³/mol. The van der Waals surface area contributed by atoms with Gasteiger partial charge in [0.05, 0.1) is 25.9 Å². The fourth-order valence-corrected chi connectivity index (χ4v) is 2.87. The summed E-state index contributed by atoms with van der Waals surface area (Å²) in [4.78, 5) is 37.7. The minimum Gasteiger partial charge on any atom is -0.495 e. The van der Waals surface area contributed by atoms with Gasteiger partial charge >= 0.3 is 0 Å². The van der Waals surface area contributed by atoms with Gasteiger partial charge in [-0.05, 0) is 49.4 Å². The van der Waals surface area contributed by atoms with Crippen LogP contribution in [0.1, 0.15) is 21.5 Å². The van der Waals surface area contributed by atoms with Crippen LogP contribution in [-0.4, -0.2) is 56.9 Å². The molecule has 0 aromatic heterocycles. The Morgan fingerprint density at radius 3 is 2.37 bits per heavy atom. The number of nitrogens with one attached hydrogen (secondary N) is 3. The number of amides is 3. The Bertz CT molecular complexity index is 897. The molecule has 3 N–H and O–H groups in total. The van der Waals surface area contributed by atoms with Crippen molar-refractivity contribution >= 4 is 23.4 Å². The van der Waals surface area contributed by atoms with Crippen molar-refractivity contribution in [2.75, 3.05) is 39.6 Å². The van der Waals surface area contributed by atoms with Crippen LogP contribution in [-0.2, 0) is 16.1 Å². The number of hydrogen-bond donors (Lipinski definition) is 3. The second-order valence-electron chi connectivity index (χ2n) is 6.98. The molecular weight excluding hydrogens is 384 g/mol. The lowest BCUT2D eigenvalue weighted by Gasteiger charge is -2.17. The molecular formula is C22H28N4O4. The van der Waals surface area contributed by atoms with E-state index < -0.39 is 0 Å². The fraction of sp³-hybridized carbons (Fsp3) is 0.318. The molecule has 2 aromatic rings. The molecule has 3 amide bonds. The minimum atomic E-state index is -0.334. The van der Waals surface area contributed by atoms with Crippen LogP contribution in [0, 0.1) is 6.92 Å². The third-order valence-corrected chi connectivity index (χ3v) is 4.38. The van der Waals surface area contributed by atoms with Crippen molar-refractivity contribution < 1.29 is 19.1 Å². The van der Waals surface area contributed by atoms with E-state index in [-0.39, 0.29) is 30.8 Å². The number of aryl methyl sites for hydroxylation is 1. The zero-order valence-electron chi connectivity index (χ0n) is 17.7. The average molecular weight is 412 g/mol. The summed E-state index contributed by atoms with van der Waals surface area (Å²) in [5, 5.41) is 7.93. The van der Waals surface area contributed by atoms with Gasteiger partial charge in [0.2, 0.25) is 11.8 Å². The van der Waals surface area contributed by atoms with Crippen LogP contribution in [0.5, 0.6) is 5.75 Å². The number of nitrogens with zero attached hydrogens (tertiary/aromatic N) is 1. The molecule has 0 atom stereocenters. The van der Waals surface area contributed by atoms with Crippen LogP contribution < -0.4 is 20.7 Å². The third-order valence-electron chi connectivity index (χ3n) is 4.38. The van der Waals surface area contributed by atoms with Crippen molar-refractivity contribution in [3.63, 3.8) is 0 Å². The van der Waals surface area contributed by atoms with E-state index in [1.807, 2.05) is 43.1 Å². The third kappa shape index (κ3) is 6.89. The molecule has 0 saturated heterocycles. The van der Waals surface area contributed by atoms with Gasteiger partial charge in [-0.25, -0.2) is 0 Å². The summed E-state index contributed by atoms with van der Waals surface area (Å²) in [5.74, 6) is -0.177. The van der Waals surface area contributed by atoms with Gasteiger partial charge in [-0.1, -0.05) is 18.2 Å². The molecule has 0 fully saturated rings. The van der Waals surface area contributed by atoms with E-state index in [2.05, 4.69) is 16.0 Å². The lowest BCUT2D eigenvalue weighted by molar-refractivity contribution is -0.124. The first-order valence-corrected chi connectivity index (χ1v) is 9.53. The van der Waals surface area contributed by atoms with Gasteiger partial charge in [0.15, 0.2) is 0 Å². The maximum atomic E-state index is 12.2. The van der Waals surface area contributed by atoms with E-state index in [9.17, 15) is 14.4 Å². The largest absolute Gasteiger partial charge is 0.495 e. The number of benzene rings is 2. The highest BCUT2D eigenvalue weighted by Crippen LogP contribution is 2.24. The van der Waals surface area contributed by atoms with Crippen molar-refractivity contribution in [3.05, 3.63) is 59.2 Å². The quantitative estimate of drug-likeness (QED) is 0.580. The summed E-state index contributed by atoms with van der Waals surface area (Å²) in [5.41, 5.74) is 3.11. The molecule has 0 heterocycles. The second kappa shape index (κ2) is 11.0. The number of carbonyl (C=O) groups is 3. The maximum Gasteiger partial charge on any atom is 0.251 e. The van der Waals surface area contributed by atoms with Gasteiger partial charge < -0.3 is 20.7 Å². The highest BCUT2D eigenvalue weighted by molar-refractivity contribution is 5.96. The zero-order chi connectivity index (χ0) is 22.1. The Morgan fingerprint density at radius 2 is 1.73 bits per heavy atom. The molecule has 30 heavy (non-hydrogen) atoms. The van der Waals surface area contributed by atoms with E-state index in [0.717, 1.165) is 11.1 Å². The molecule has 0 aliphatic rings. The van der Waals surface area contributed by atoms with E-state index in [1.165, 1.54) is 7.11 Å². The van der Waals surface area contributed by atoms with Gasteiger partial charge in [-0.3, -0.25) is 19.3 Å². The molecule has 0 aliphatic heterocycles. The van der Waals surface area contributed by atoms with Gasteiger partial charge in [0.25, 0.3) is 5.91 Å². The number of ether oxygens (including phenoxy) is 1. The van der Waals surface area contributed by atoms with Crippen LogP contribution in [0.15, 0.2) is 42.5 Å². The highest BCUT2D eigenvalue weighted by atomic mass is 16.5. The Balaban J connectivity index is 1.79. The first kappa shape index (κ1) is 22.9. The van der Waals surface area contributed by atoms with E-state index in [0.29, 0.717) is 23.5 Å². The summed E-state index contributed by atoms with van der Waals surface area (Å²) in [6.45, 7) is 2.45. The Hall–Kier alpha value is -3.39. The van der Waals surface area contributed by atoms with Crippen molar-refractivity contribution in [3.8, 4) is 5.75 Å². The van der Waals surface area contributed by atoms with E-state index in [1.54, 1.807) is 25.2 Å². The Labute approximate surface area is 176 Å². The Kier molecular flexibility index (Phi) is 8.37. The minimum absolute atomic E-state index is 0.134. The monoisotopic (exact) mass is 412 g/mol. The molecule has 0 spiro atoms. The number of anilines is 1. The van der Waals surface area contributed by atoms with Gasteiger partial charge in [-0.15, -0.1) is 0 Å². The summed E-state index contributed by atoms with van der Waals surface area (Å²) < 4.78 is 5.23. The van der Waals surface area contributed by atoms with Crippen molar-refractivity contribution in [2.24, 2.45) is 0 Å². The summed E-state index contributed by atoms with van der Waals surface area (Å²) in [6, 6.07) is 12.7. The normalized spacial score (nSPS) is 10.4. The fourth-order valence-electron chi connectivity index (χ4n) is 2.87. The predicted octanol–water partition coefficient (Wildman–Crippen LogP) is 1.55. The number of rotatable bonds is 9. The molecule has 2 aromatic carbocycles. The van der Waals surface area contributed by atoms with Gasteiger partial charge in [0, 0.05) is 19.2 Å². The molecule has 0 radical (unpaired) electrons. The number of likely N-dealkylation sites (N-methyl/N-ethyl adjacent to an activating group) is 1. The molecule has 0 saturated carbocycles. The molecule has 0 aliphatic carbocycles. The standard InChI is InChI=1S/C22H28N4O4/c1-15-5-10-19(30-4)18(11-15)25-20(27)12-24-21(28)14-26(3)13-16-6-8-17(9-7-16)22(29)23-2/h5-11H,12-14H2,1-4H3,(H,23,29)(H,24,28)(H,25,27). The van der Waals surface area contributed by atoms with Crippen LogP contribution in [0.3, 0.4) is 0 Å². The number of carbonyl (C=O) groups excluding carboxylic acids is 3. The lowest BCUT2D eigenvalue weighted by Crippen LogP contribution is -2.39. The van der Waals surface area contributed by atoms with Crippen LogP contribution in [0.2, 0.25) is 0 Å². The van der Waals surface area contributed by atoms with Crippen LogP contribution >= 0.6 is 0 Å². The lowest BCUT2D eigenvalue weighted by atomic mass is 10.1. The topological polar surface area (TPSA) is 99.8 Å². The highest BCUT2D eigenvalue weighted by Gasteiger charge is 2.12. The molecule has 160 valence electrons. The first-order valence-electron chi connectivity index (χ1n) is 9.53. The maximum absolute atomic E-state index is 12.2. The number of methoxy groups -OCH3 is 1. The summed E-state index contributed by atoms with van der Waals surface area (Å²) in [7, 11) is 4.92. The van der Waals surface area contributed by atoms with E-state index in [4.69, 9.17) is 4.74 Å². The Morgan fingerprint density at radius 1 is 1.03 bits per heavy atom. The molecule has 0 unspecified atom stereocenters. The molecule has 8 nitrogen and oxygen atoms in total. The second-order valence-corrected chi connectivity index (χ2v) is 6.98. The first-order chi connectivity index (χ1) is 14.3. The molecule has 0 bridgehead atoms. The van der Waals surface area contributed by atoms with Crippen LogP contribution in [0.25, 0.3) is 0 Å². The van der Waals surface area contributed by atoms with Crippen LogP contribution in [0.4, 0.5) is 5.69 Å². The SMILES string of the molecule is CNC(=O)c1ccc(CN(C)CC(=O)NCC(=O)Nc2cc(C)ccc2OC)cc1. The smallest absolute Gasteiger partial charge is 0.251 e. The average Bonchev–Trinajstić information content (AvgIpc) is 2.72. The summed E-state index contributed by atoms with van der Waals surface area (Å²) >= 11 is 0. The van der Waals surface area contributed by atoms with Crippen molar-refractivity contribution in [2.45, 2.75) is 13.5 Å². The number of hydrogen-bond acceptors (Lipinski definition) is 5. The zero-order valence-corrected chi connectivity index (χ0v) is 17.7. The molecule has 2 rings (SSSR count). The summed E-state index contributed by atoms with van der Waals surface area (Å²) in [6.07, 6.45) is 0. The van der Waals surface area contributed by atoms with E-state index >= 15 is 0 Å². The van der Waals surface area contributed by atoms with Crippen molar-refractivity contribution in [1.29, 1.82) is 0 Å². The van der Waals surface area contributed by atoms with Gasteiger partial charge in [0.1, 0.15) is 5.75 Å².